The molecule has 0 amide bonds. The monoisotopic (exact) mass is 297 g/mol. The lowest BCUT2D eigenvalue weighted by Crippen LogP contribution is -2.13. The molecule has 2 aromatic rings. The van der Waals surface area contributed by atoms with Crippen LogP contribution in [0.4, 0.5) is 19.0 Å². The third-order valence-corrected chi connectivity index (χ3v) is 2.87. The van der Waals surface area contributed by atoms with E-state index in [1.807, 2.05) is 13.0 Å². The minimum absolute atomic E-state index is 0.0934. The molecule has 1 N–H and O–H groups in total. The van der Waals surface area contributed by atoms with Gasteiger partial charge in [0.15, 0.2) is 0 Å². The Kier molecular flexibility index (Phi) is 4.02. The van der Waals surface area contributed by atoms with Crippen LogP contribution in [0.25, 0.3) is 11.3 Å². The van der Waals surface area contributed by atoms with Crippen LogP contribution in [0, 0.1) is 6.92 Å². The number of aromatic nitrogens is 2. The smallest absolute Gasteiger partial charge is 0.451 e. The molecule has 0 aliphatic rings. The van der Waals surface area contributed by atoms with E-state index in [-0.39, 0.29) is 11.5 Å². The minimum atomic E-state index is -4.61. The van der Waals surface area contributed by atoms with Crippen molar-refractivity contribution in [3.63, 3.8) is 0 Å². The topological polar surface area (TPSA) is 47.0 Å². The van der Waals surface area contributed by atoms with Crippen molar-refractivity contribution in [3.8, 4) is 17.0 Å². The van der Waals surface area contributed by atoms with Gasteiger partial charge in [0.05, 0.1) is 12.8 Å². The molecule has 4 nitrogen and oxygen atoms in total. The second kappa shape index (κ2) is 5.59. The summed E-state index contributed by atoms with van der Waals surface area (Å²) >= 11 is 0. The number of nitrogens with one attached hydrogen (secondary N) is 1. The van der Waals surface area contributed by atoms with Crippen molar-refractivity contribution in [1.82, 2.24) is 9.97 Å². The van der Waals surface area contributed by atoms with Crippen LogP contribution in [-0.4, -0.2) is 24.1 Å². The molecule has 0 radical (unpaired) electrons. The predicted molar refractivity (Wildman–Crippen MR) is 73.3 cm³/mol. The van der Waals surface area contributed by atoms with Crippen LogP contribution in [0.2, 0.25) is 0 Å². The van der Waals surface area contributed by atoms with Crippen molar-refractivity contribution in [2.75, 3.05) is 19.5 Å². The summed E-state index contributed by atoms with van der Waals surface area (Å²) in [6.45, 7) is 1.84. The fourth-order valence-corrected chi connectivity index (χ4v) is 1.86. The molecule has 112 valence electrons. The number of nitrogens with zero attached hydrogens (tertiary/aromatic N) is 2. The fraction of sp³-hybridized carbons (Fsp3) is 0.286. The highest BCUT2D eigenvalue weighted by Gasteiger charge is 2.35. The van der Waals surface area contributed by atoms with Crippen LogP contribution in [-0.2, 0) is 6.18 Å². The molecule has 0 aliphatic carbocycles. The molecule has 1 aromatic carbocycles. The number of aryl methyl sites for hydroxylation is 1. The number of halogens is 3. The zero-order valence-corrected chi connectivity index (χ0v) is 11.7. The molecule has 0 atom stereocenters. The number of methoxy groups -OCH3 is 1. The quantitative estimate of drug-likeness (QED) is 0.941. The van der Waals surface area contributed by atoms with Crippen molar-refractivity contribution in [3.05, 3.63) is 35.7 Å². The number of benzene rings is 1. The molecular formula is C14H14F3N3O. The van der Waals surface area contributed by atoms with Crippen LogP contribution in [0.1, 0.15) is 11.4 Å². The normalized spacial score (nSPS) is 11.3. The first-order valence-electron chi connectivity index (χ1n) is 6.14. The van der Waals surface area contributed by atoms with Gasteiger partial charge >= 0.3 is 6.18 Å². The minimum Gasteiger partial charge on any atom is -0.496 e. The lowest BCUT2D eigenvalue weighted by molar-refractivity contribution is -0.144. The summed E-state index contributed by atoms with van der Waals surface area (Å²) in [7, 11) is 2.96. The van der Waals surface area contributed by atoms with Gasteiger partial charge in [-0.3, -0.25) is 0 Å². The van der Waals surface area contributed by atoms with E-state index in [0.717, 1.165) is 5.56 Å². The van der Waals surface area contributed by atoms with Gasteiger partial charge in [-0.25, -0.2) is 9.97 Å². The lowest BCUT2D eigenvalue weighted by atomic mass is 10.1. The van der Waals surface area contributed by atoms with E-state index in [2.05, 4.69) is 15.3 Å². The molecule has 0 bridgehead atoms. The molecule has 0 unspecified atom stereocenters. The van der Waals surface area contributed by atoms with E-state index in [4.69, 9.17) is 4.74 Å². The van der Waals surface area contributed by atoms with Crippen LogP contribution in [0.3, 0.4) is 0 Å². The van der Waals surface area contributed by atoms with E-state index >= 15 is 0 Å². The second-order valence-electron chi connectivity index (χ2n) is 4.41. The van der Waals surface area contributed by atoms with Crippen molar-refractivity contribution in [1.29, 1.82) is 0 Å². The van der Waals surface area contributed by atoms with Gasteiger partial charge in [-0.1, -0.05) is 11.6 Å². The molecular weight excluding hydrogens is 283 g/mol. The van der Waals surface area contributed by atoms with E-state index in [9.17, 15) is 13.2 Å². The summed E-state index contributed by atoms with van der Waals surface area (Å²) in [4.78, 5) is 7.06. The first-order chi connectivity index (χ1) is 9.85. The number of anilines is 1. The van der Waals surface area contributed by atoms with Crippen LogP contribution < -0.4 is 10.1 Å². The molecule has 0 saturated carbocycles. The van der Waals surface area contributed by atoms with Gasteiger partial charge < -0.3 is 10.1 Å². The third kappa shape index (κ3) is 3.24. The average Bonchev–Trinajstić information content (AvgIpc) is 2.45. The first-order valence-corrected chi connectivity index (χ1v) is 6.14. The van der Waals surface area contributed by atoms with Gasteiger partial charge in [-0.2, -0.15) is 13.2 Å². The zero-order chi connectivity index (χ0) is 15.6. The summed E-state index contributed by atoms with van der Waals surface area (Å²) in [5, 5.41) is 2.61. The van der Waals surface area contributed by atoms with Crippen molar-refractivity contribution >= 4 is 5.82 Å². The highest BCUT2D eigenvalue weighted by Crippen LogP contribution is 2.33. The number of alkyl halides is 3. The molecule has 21 heavy (non-hydrogen) atoms. The summed E-state index contributed by atoms with van der Waals surface area (Å²) in [6, 6.07) is 6.68. The number of hydrogen-bond acceptors (Lipinski definition) is 4. The van der Waals surface area contributed by atoms with E-state index in [0.29, 0.717) is 11.3 Å². The van der Waals surface area contributed by atoms with E-state index in [1.165, 1.54) is 20.2 Å². The van der Waals surface area contributed by atoms with Crippen LogP contribution in [0.5, 0.6) is 5.75 Å². The van der Waals surface area contributed by atoms with Crippen molar-refractivity contribution < 1.29 is 17.9 Å². The zero-order valence-electron chi connectivity index (χ0n) is 11.7. The Hall–Kier alpha value is -2.31. The summed E-state index contributed by atoms with van der Waals surface area (Å²) < 4.78 is 43.8. The van der Waals surface area contributed by atoms with Crippen molar-refractivity contribution in [2.45, 2.75) is 13.1 Å². The average molecular weight is 297 g/mol. The highest BCUT2D eigenvalue weighted by atomic mass is 19.4. The second-order valence-corrected chi connectivity index (χ2v) is 4.41. The predicted octanol–water partition coefficient (Wildman–Crippen LogP) is 3.52. The van der Waals surface area contributed by atoms with E-state index < -0.39 is 12.0 Å². The Morgan fingerprint density at radius 2 is 1.86 bits per heavy atom. The molecule has 0 aliphatic heterocycles. The van der Waals surface area contributed by atoms with Gasteiger partial charge in [0, 0.05) is 18.7 Å². The third-order valence-electron chi connectivity index (χ3n) is 2.87. The van der Waals surface area contributed by atoms with Gasteiger partial charge in [0.2, 0.25) is 5.82 Å². The van der Waals surface area contributed by atoms with Gasteiger partial charge in [0.1, 0.15) is 11.6 Å². The molecule has 7 heteroatoms. The number of rotatable bonds is 3. The maximum atomic E-state index is 12.9. The van der Waals surface area contributed by atoms with Gasteiger partial charge in [-0.15, -0.1) is 0 Å². The molecule has 0 fully saturated rings. The Morgan fingerprint density at radius 3 is 2.43 bits per heavy atom. The van der Waals surface area contributed by atoms with Crippen LogP contribution in [0.15, 0.2) is 24.3 Å². The Balaban J connectivity index is 2.66. The van der Waals surface area contributed by atoms with Crippen LogP contribution >= 0.6 is 0 Å². The van der Waals surface area contributed by atoms with Gasteiger partial charge in [-0.05, 0) is 19.1 Å². The molecule has 1 aromatic heterocycles. The number of hydrogen-bond donors (Lipinski definition) is 1. The SMILES string of the molecule is CNc1cc(-c2cc(C)ccc2OC)nc(C(F)(F)F)n1. The van der Waals surface area contributed by atoms with Crippen molar-refractivity contribution in [2.24, 2.45) is 0 Å². The summed E-state index contributed by atoms with van der Waals surface area (Å²) in [6.07, 6.45) is -4.61. The molecule has 0 saturated heterocycles. The Bertz CT molecular complexity index is 656. The van der Waals surface area contributed by atoms with Gasteiger partial charge in [0.25, 0.3) is 0 Å². The summed E-state index contributed by atoms with van der Waals surface area (Å²) in [5.41, 5.74) is 1.54. The largest absolute Gasteiger partial charge is 0.496 e. The molecule has 0 spiro atoms. The first kappa shape index (κ1) is 15.1. The standard InChI is InChI=1S/C14H14F3N3O/c1-8-4-5-11(21-3)9(6-8)10-7-12(18-2)20-13(19-10)14(15,16)17/h4-7H,1-3H3,(H,18,19,20). The molecule has 2 rings (SSSR count). The molecule has 1 heterocycles. The van der Waals surface area contributed by atoms with E-state index in [1.54, 1.807) is 12.1 Å². The summed E-state index contributed by atoms with van der Waals surface area (Å²) in [5.74, 6) is -0.640. The number of ether oxygens (including phenoxy) is 1. The lowest BCUT2D eigenvalue weighted by Gasteiger charge is -2.13. The maximum absolute atomic E-state index is 12.9. The highest BCUT2D eigenvalue weighted by molar-refractivity contribution is 5.70. The Morgan fingerprint density at radius 1 is 1.14 bits per heavy atom. The Labute approximate surface area is 120 Å². The fourth-order valence-electron chi connectivity index (χ4n) is 1.86. The maximum Gasteiger partial charge on any atom is 0.451 e.